The number of benzene rings is 2. The van der Waals surface area contributed by atoms with Gasteiger partial charge in [-0.25, -0.2) is 10.2 Å². The Morgan fingerprint density at radius 1 is 0.909 bits per heavy atom. The molecule has 2 aromatic rings. The molecule has 0 spiro atoms. The maximum atomic E-state index is 11.7. The Bertz CT molecular complexity index is 632. The van der Waals surface area contributed by atoms with E-state index in [2.05, 4.69) is 21.5 Å². The van der Waals surface area contributed by atoms with E-state index in [4.69, 9.17) is 17.0 Å². The largest absolute Gasteiger partial charge is 0.497 e. The molecule has 0 heterocycles. The van der Waals surface area contributed by atoms with Crippen molar-refractivity contribution in [1.82, 2.24) is 10.9 Å². The number of urea groups is 1. The molecule has 6 nitrogen and oxygen atoms in total. The number of hydrazine groups is 1. The van der Waals surface area contributed by atoms with Crippen LogP contribution in [-0.2, 0) is 0 Å². The van der Waals surface area contributed by atoms with Crippen molar-refractivity contribution in [3.05, 3.63) is 54.6 Å². The summed E-state index contributed by atoms with van der Waals surface area (Å²) in [6, 6.07) is 15.9. The van der Waals surface area contributed by atoms with Gasteiger partial charge in [0.2, 0.25) is 0 Å². The minimum atomic E-state index is -0.412. The van der Waals surface area contributed by atoms with Crippen LogP contribution in [0.3, 0.4) is 0 Å². The average molecular weight is 316 g/mol. The maximum Gasteiger partial charge on any atom is 0.337 e. The van der Waals surface area contributed by atoms with Crippen molar-refractivity contribution in [1.29, 1.82) is 0 Å². The molecule has 0 fully saturated rings. The topological polar surface area (TPSA) is 74.4 Å². The number of para-hydroxylation sites is 1. The van der Waals surface area contributed by atoms with Crippen LogP contribution in [-0.4, -0.2) is 18.3 Å². The zero-order chi connectivity index (χ0) is 15.8. The highest BCUT2D eigenvalue weighted by Crippen LogP contribution is 2.14. The minimum absolute atomic E-state index is 0.272. The number of hydrogen-bond acceptors (Lipinski definition) is 3. The van der Waals surface area contributed by atoms with E-state index < -0.39 is 6.03 Å². The van der Waals surface area contributed by atoms with Crippen LogP contribution < -0.4 is 26.2 Å². The molecule has 0 aliphatic heterocycles. The number of rotatable bonds is 3. The zero-order valence-electron chi connectivity index (χ0n) is 11.9. The molecule has 4 N–H and O–H groups in total. The average Bonchev–Trinajstić information content (AvgIpc) is 2.55. The summed E-state index contributed by atoms with van der Waals surface area (Å²) < 4.78 is 5.07. The van der Waals surface area contributed by atoms with E-state index in [1.54, 1.807) is 31.4 Å². The molecule has 0 radical (unpaired) electrons. The van der Waals surface area contributed by atoms with Crippen molar-refractivity contribution in [2.24, 2.45) is 0 Å². The number of carbonyl (C=O) groups is 1. The fourth-order valence-electron chi connectivity index (χ4n) is 1.63. The van der Waals surface area contributed by atoms with Gasteiger partial charge in [-0.3, -0.25) is 5.43 Å². The zero-order valence-corrected chi connectivity index (χ0v) is 12.7. The lowest BCUT2D eigenvalue weighted by molar-refractivity contribution is 0.250. The molecule has 7 heteroatoms. The predicted octanol–water partition coefficient (Wildman–Crippen LogP) is 2.72. The number of methoxy groups -OCH3 is 1. The van der Waals surface area contributed by atoms with E-state index in [1.807, 2.05) is 30.3 Å². The van der Waals surface area contributed by atoms with Crippen LogP contribution in [0, 0.1) is 0 Å². The van der Waals surface area contributed by atoms with E-state index in [9.17, 15) is 4.79 Å². The molecule has 0 bridgehead atoms. The van der Waals surface area contributed by atoms with Crippen molar-refractivity contribution in [2.45, 2.75) is 0 Å². The van der Waals surface area contributed by atoms with Crippen molar-refractivity contribution in [2.75, 3.05) is 17.7 Å². The molecule has 2 rings (SSSR count). The molecule has 2 amide bonds. The monoisotopic (exact) mass is 316 g/mol. The molecule has 114 valence electrons. The van der Waals surface area contributed by atoms with Crippen LogP contribution in [0.25, 0.3) is 0 Å². The third-order valence-electron chi connectivity index (χ3n) is 2.67. The Labute approximate surface area is 133 Å². The van der Waals surface area contributed by atoms with Crippen LogP contribution in [0.5, 0.6) is 5.75 Å². The third kappa shape index (κ3) is 4.95. The first kappa shape index (κ1) is 15.6. The van der Waals surface area contributed by atoms with Gasteiger partial charge in [0.25, 0.3) is 0 Å². The van der Waals surface area contributed by atoms with Crippen molar-refractivity contribution in [3.63, 3.8) is 0 Å². The number of hydrogen-bond donors (Lipinski definition) is 4. The first-order chi connectivity index (χ1) is 10.7. The third-order valence-corrected chi connectivity index (χ3v) is 2.87. The summed E-state index contributed by atoms with van der Waals surface area (Å²) in [4.78, 5) is 11.7. The van der Waals surface area contributed by atoms with Gasteiger partial charge in [0.15, 0.2) is 5.11 Å². The molecule has 22 heavy (non-hydrogen) atoms. The van der Waals surface area contributed by atoms with E-state index in [0.29, 0.717) is 5.69 Å². The van der Waals surface area contributed by atoms with Gasteiger partial charge in [-0.1, -0.05) is 18.2 Å². The molecule has 0 unspecified atom stereocenters. The van der Waals surface area contributed by atoms with Gasteiger partial charge in [0.1, 0.15) is 5.75 Å². The number of thiocarbonyl (C=S) groups is 1. The Balaban J connectivity index is 1.76. The molecule has 2 aromatic carbocycles. The van der Waals surface area contributed by atoms with Crippen molar-refractivity contribution in [3.8, 4) is 5.75 Å². The second-order valence-electron chi connectivity index (χ2n) is 4.25. The second kappa shape index (κ2) is 7.84. The van der Waals surface area contributed by atoms with Crippen molar-refractivity contribution >= 4 is 34.7 Å². The Hall–Kier alpha value is -2.80. The summed E-state index contributed by atoms with van der Waals surface area (Å²) in [5.74, 6) is 0.754. The molecule has 0 aliphatic carbocycles. The van der Waals surface area contributed by atoms with E-state index in [0.717, 1.165) is 11.4 Å². The van der Waals surface area contributed by atoms with E-state index in [-0.39, 0.29) is 5.11 Å². The lowest BCUT2D eigenvalue weighted by atomic mass is 10.3. The molecule has 0 aliphatic rings. The minimum Gasteiger partial charge on any atom is -0.497 e. The van der Waals surface area contributed by atoms with Crippen LogP contribution in [0.4, 0.5) is 16.2 Å². The van der Waals surface area contributed by atoms with Crippen LogP contribution >= 0.6 is 12.2 Å². The Kier molecular flexibility index (Phi) is 5.56. The van der Waals surface area contributed by atoms with Gasteiger partial charge in [-0.05, 0) is 48.6 Å². The first-order valence-electron chi connectivity index (χ1n) is 6.50. The van der Waals surface area contributed by atoms with Crippen LogP contribution in [0.2, 0.25) is 0 Å². The highest BCUT2D eigenvalue weighted by atomic mass is 32.1. The number of carbonyl (C=O) groups excluding carboxylic acids is 1. The number of anilines is 2. The molecule has 0 aromatic heterocycles. The quantitative estimate of drug-likeness (QED) is 0.517. The van der Waals surface area contributed by atoms with Crippen LogP contribution in [0.1, 0.15) is 0 Å². The molecular weight excluding hydrogens is 300 g/mol. The second-order valence-corrected chi connectivity index (χ2v) is 4.66. The lowest BCUT2D eigenvalue weighted by Crippen LogP contribution is -2.45. The standard InChI is InChI=1S/C15H16N4O2S/c1-21-13-9-7-12(8-10-13)17-15(22)19-18-14(20)16-11-5-3-2-4-6-11/h2-10H,1H3,(H2,16,18,20)(H2,17,19,22). The summed E-state index contributed by atoms with van der Waals surface area (Å²) in [5.41, 5.74) is 6.52. The predicted molar refractivity (Wildman–Crippen MR) is 90.9 cm³/mol. The van der Waals surface area contributed by atoms with Gasteiger partial charge in [0, 0.05) is 11.4 Å². The lowest BCUT2D eigenvalue weighted by Gasteiger charge is -2.12. The van der Waals surface area contributed by atoms with Crippen molar-refractivity contribution < 1.29 is 9.53 Å². The van der Waals surface area contributed by atoms with Gasteiger partial charge >= 0.3 is 6.03 Å². The van der Waals surface area contributed by atoms with E-state index >= 15 is 0 Å². The van der Waals surface area contributed by atoms with Gasteiger partial charge in [-0.2, -0.15) is 0 Å². The highest BCUT2D eigenvalue weighted by Gasteiger charge is 2.02. The smallest absolute Gasteiger partial charge is 0.337 e. The summed E-state index contributed by atoms with van der Waals surface area (Å²) in [6.07, 6.45) is 0. The van der Waals surface area contributed by atoms with E-state index in [1.165, 1.54) is 0 Å². The number of amides is 2. The fraction of sp³-hybridized carbons (Fsp3) is 0.0667. The summed E-state index contributed by atoms with van der Waals surface area (Å²) in [7, 11) is 1.60. The normalized spacial score (nSPS) is 9.50. The molecule has 0 saturated carbocycles. The summed E-state index contributed by atoms with van der Waals surface area (Å²) in [6.45, 7) is 0. The highest BCUT2D eigenvalue weighted by molar-refractivity contribution is 7.80. The number of nitrogens with one attached hydrogen (secondary N) is 4. The SMILES string of the molecule is COc1ccc(NC(=S)NNC(=O)Nc2ccccc2)cc1. The molecular formula is C15H16N4O2S. The van der Waals surface area contributed by atoms with Gasteiger partial charge in [0.05, 0.1) is 7.11 Å². The first-order valence-corrected chi connectivity index (χ1v) is 6.91. The fourth-order valence-corrected chi connectivity index (χ4v) is 1.80. The maximum absolute atomic E-state index is 11.7. The summed E-state index contributed by atoms with van der Waals surface area (Å²) in [5, 5.41) is 5.87. The van der Waals surface area contributed by atoms with Crippen LogP contribution in [0.15, 0.2) is 54.6 Å². The summed E-state index contributed by atoms with van der Waals surface area (Å²) >= 11 is 5.08. The molecule has 0 atom stereocenters. The van der Waals surface area contributed by atoms with Gasteiger partial charge in [-0.15, -0.1) is 0 Å². The Morgan fingerprint density at radius 2 is 1.55 bits per heavy atom. The molecule has 0 saturated heterocycles. The Morgan fingerprint density at radius 3 is 2.18 bits per heavy atom. The number of ether oxygens (including phenoxy) is 1. The van der Waals surface area contributed by atoms with Gasteiger partial charge < -0.3 is 15.4 Å².